The van der Waals surface area contributed by atoms with Crippen molar-refractivity contribution in [1.82, 2.24) is 9.88 Å². The number of ketones is 1. The zero-order valence-electron chi connectivity index (χ0n) is 10.4. The summed E-state index contributed by atoms with van der Waals surface area (Å²) in [5.74, 6) is 0.744. The SMILES string of the molecule is Cl.NCC1CCN(CC(=O)c2ccccn2)CC1. The van der Waals surface area contributed by atoms with Gasteiger partial charge >= 0.3 is 0 Å². The van der Waals surface area contributed by atoms with E-state index in [9.17, 15) is 4.79 Å². The van der Waals surface area contributed by atoms with E-state index in [1.807, 2.05) is 12.1 Å². The lowest BCUT2D eigenvalue weighted by Gasteiger charge is -2.30. The molecule has 2 rings (SSSR count). The standard InChI is InChI=1S/C13H19N3O.ClH/c14-9-11-4-7-16(8-5-11)10-13(17)12-3-1-2-6-15-12;/h1-3,6,11H,4-5,7-10,14H2;1H. The Morgan fingerprint density at radius 1 is 1.39 bits per heavy atom. The summed E-state index contributed by atoms with van der Waals surface area (Å²) in [7, 11) is 0. The van der Waals surface area contributed by atoms with Crippen LogP contribution in [0.25, 0.3) is 0 Å². The molecule has 2 heterocycles. The summed E-state index contributed by atoms with van der Waals surface area (Å²) in [6, 6.07) is 5.44. The molecule has 1 aliphatic heterocycles. The number of Topliss-reactive ketones (excluding diaryl/α,β-unsaturated/α-hetero) is 1. The van der Waals surface area contributed by atoms with Crippen molar-refractivity contribution in [3.63, 3.8) is 0 Å². The van der Waals surface area contributed by atoms with Gasteiger partial charge in [-0.3, -0.25) is 14.7 Å². The Bertz CT molecular complexity index is 364. The maximum absolute atomic E-state index is 11.9. The fraction of sp³-hybridized carbons (Fsp3) is 0.538. The van der Waals surface area contributed by atoms with Crippen LogP contribution in [0.3, 0.4) is 0 Å². The number of halogens is 1. The molecule has 18 heavy (non-hydrogen) atoms. The molecule has 0 amide bonds. The molecule has 0 bridgehead atoms. The fourth-order valence-corrected chi connectivity index (χ4v) is 2.19. The van der Waals surface area contributed by atoms with Crippen LogP contribution in [0, 0.1) is 5.92 Å². The number of carbonyl (C=O) groups is 1. The number of hydrogen-bond acceptors (Lipinski definition) is 4. The van der Waals surface area contributed by atoms with E-state index >= 15 is 0 Å². The molecule has 1 aromatic rings. The van der Waals surface area contributed by atoms with Crippen molar-refractivity contribution >= 4 is 18.2 Å². The highest BCUT2D eigenvalue weighted by molar-refractivity contribution is 5.95. The van der Waals surface area contributed by atoms with E-state index in [2.05, 4.69) is 9.88 Å². The molecule has 0 radical (unpaired) electrons. The molecular formula is C13H20ClN3O. The molecule has 1 saturated heterocycles. The Hall–Kier alpha value is -0.970. The Morgan fingerprint density at radius 3 is 2.67 bits per heavy atom. The van der Waals surface area contributed by atoms with E-state index < -0.39 is 0 Å². The van der Waals surface area contributed by atoms with Crippen LogP contribution < -0.4 is 5.73 Å². The van der Waals surface area contributed by atoms with Gasteiger partial charge in [-0.15, -0.1) is 12.4 Å². The summed E-state index contributed by atoms with van der Waals surface area (Å²) >= 11 is 0. The second kappa shape index (κ2) is 7.46. The van der Waals surface area contributed by atoms with E-state index in [0.717, 1.165) is 32.5 Å². The molecule has 0 aliphatic carbocycles. The number of pyridine rings is 1. The largest absolute Gasteiger partial charge is 0.330 e. The van der Waals surface area contributed by atoms with Crippen LogP contribution in [0.2, 0.25) is 0 Å². The minimum Gasteiger partial charge on any atom is -0.330 e. The zero-order valence-corrected chi connectivity index (χ0v) is 11.2. The van der Waals surface area contributed by atoms with Gasteiger partial charge in [0.25, 0.3) is 0 Å². The van der Waals surface area contributed by atoms with Gasteiger partial charge < -0.3 is 5.73 Å². The molecule has 1 fully saturated rings. The summed E-state index contributed by atoms with van der Waals surface area (Å²) in [5, 5.41) is 0. The normalized spacial score (nSPS) is 17.2. The summed E-state index contributed by atoms with van der Waals surface area (Å²) in [4.78, 5) is 18.2. The first-order valence-corrected chi connectivity index (χ1v) is 6.16. The third kappa shape index (κ3) is 4.05. The van der Waals surface area contributed by atoms with Gasteiger partial charge in [0.2, 0.25) is 0 Å². The highest BCUT2D eigenvalue weighted by atomic mass is 35.5. The minimum atomic E-state index is 0. The summed E-state index contributed by atoms with van der Waals surface area (Å²) in [6.07, 6.45) is 3.87. The highest BCUT2D eigenvalue weighted by Crippen LogP contribution is 2.15. The molecule has 0 saturated carbocycles. The lowest BCUT2D eigenvalue weighted by atomic mass is 9.97. The molecule has 0 aromatic carbocycles. The van der Waals surface area contributed by atoms with Crippen LogP contribution in [0.15, 0.2) is 24.4 Å². The topological polar surface area (TPSA) is 59.2 Å². The number of likely N-dealkylation sites (tertiary alicyclic amines) is 1. The van der Waals surface area contributed by atoms with Crippen LogP contribution in [-0.4, -0.2) is 41.8 Å². The molecule has 100 valence electrons. The van der Waals surface area contributed by atoms with Gasteiger partial charge in [-0.25, -0.2) is 0 Å². The Morgan fingerprint density at radius 2 is 2.11 bits per heavy atom. The summed E-state index contributed by atoms with van der Waals surface area (Å²) in [5.41, 5.74) is 6.21. The first-order chi connectivity index (χ1) is 8.29. The number of piperidine rings is 1. The molecule has 5 heteroatoms. The molecule has 4 nitrogen and oxygen atoms in total. The fourth-order valence-electron chi connectivity index (χ4n) is 2.19. The summed E-state index contributed by atoms with van der Waals surface area (Å²) in [6.45, 7) is 3.19. The van der Waals surface area contributed by atoms with Crippen molar-refractivity contribution < 1.29 is 4.79 Å². The number of rotatable bonds is 4. The van der Waals surface area contributed by atoms with E-state index in [1.165, 1.54) is 0 Å². The lowest BCUT2D eigenvalue weighted by Crippen LogP contribution is -2.39. The Balaban J connectivity index is 0.00000162. The molecule has 0 spiro atoms. The van der Waals surface area contributed by atoms with Crippen molar-refractivity contribution in [3.8, 4) is 0 Å². The average Bonchev–Trinajstić information content (AvgIpc) is 2.40. The molecular weight excluding hydrogens is 250 g/mol. The molecule has 0 atom stereocenters. The first-order valence-electron chi connectivity index (χ1n) is 6.16. The number of nitrogens with two attached hydrogens (primary N) is 1. The van der Waals surface area contributed by atoms with Gasteiger partial charge in [-0.1, -0.05) is 6.07 Å². The quantitative estimate of drug-likeness (QED) is 0.839. The van der Waals surface area contributed by atoms with E-state index in [0.29, 0.717) is 18.2 Å². The number of carbonyl (C=O) groups excluding carboxylic acids is 1. The van der Waals surface area contributed by atoms with Crippen molar-refractivity contribution in [2.45, 2.75) is 12.8 Å². The third-order valence-corrected chi connectivity index (χ3v) is 3.36. The van der Waals surface area contributed by atoms with Crippen LogP contribution in [0.4, 0.5) is 0 Å². The predicted octanol–water partition coefficient (Wildman–Crippen LogP) is 1.36. The maximum atomic E-state index is 11.9. The van der Waals surface area contributed by atoms with Gasteiger partial charge in [0.05, 0.1) is 6.54 Å². The van der Waals surface area contributed by atoms with Crippen LogP contribution in [0.5, 0.6) is 0 Å². The maximum Gasteiger partial charge on any atom is 0.195 e. The van der Waals surface area contributed by atoms with Gasteiger partial charge in [0, 0.05) is 6.20 Å². The van der Waals surface area contributed by atoms with Gasteiger partial charge in [-0.2, -0.15) is 0 Å². The summed E-state index contributed by atoms with van der Waals surface area (Å²) < 4.78 is 0. The van der Waals surface area contributed by atoms with E-state index in [1.54, 1.807) is 12.3 Å². The molecule has 1 aromatic heterocycles. The van der Waals surface area contributed by atoms with Crippen molar-refractivity contribution in [3.05, 3.63) is 30.1 Å². The molecule has 0 unspecified atom stereocenters. The number of aromatic nitrogens is 1. The lowest BCUT2D eigenvalue weighted by molar-refractivity contribution is 0.0893. The van der Waals surface area contributed by atoms with E-state index in [4.69, 9.17) is 5.73 Å². The first kappa shape index (κ1) is 15.1. The van der Waals surface area contributed by atoms with Gasteiger partial charge in [-0.05, 0) is 50.5 Å². The van der Waals surface area contributed by atoms with Gasteiger partial charge in [0.15, 0.2) is 5.78 Å². The average molecular weight is 270 g/mol. The third-order valence-electron chi connectivity index (χ3n) is 3.36. The van der Waals surface area contributed by atoms with Crippen LogP contribution in [0.1, 0.15) is 23.3 Å². The van der Waals surface area contributed by atoms with Crippen molar-refractivity contribution in [2.24, 2.45) is 11.7 Å². The Kier molecular flexibility index (Phi) is 6.25. The smallest absolute Gasteiger partial charge is 0.195 e. The van der Waals surface area contributed by atoms with Crippen molar-refractivity contribution in [1.29, 1.82) is 0 Å². The van der Waals surface area contributed by atoms with Crippen LogP contribution in [-0.2, 0) is 0 Å². The molecule has 1 aliphatic rings. The minimum absolute atomic E-state index is 0. The molecule has 2 N–H and O–H groups in total. The van der Waals surface area contributed by atoms with E-state index in [-0.39, 0.29) is 18.2 Å². The highest BCUT2D eigenvalue weighted by Gasteiger charge is 2.20. The Labute approximate surface area is 114 Å². The predicted molar refractivity (Wildman–Crippen MR) is 74.0 cm³/mol. The number of nitrogens with zero attached hydrogens (tertiary/aromatic N) is 2. The second-order valence-corrected chi connectivity index (χ2v) is 4.59. The second-order valence-electron chi connectivity index (χ2n) is 4.59. The number of hydrogen-bond donors (Lipinski definition) is 1. The van der Waals surface area contributed by atoms with Gasteiger partial charge in [0.1, 0.15) is 5.69 Å². The zero-order chi connectivity index (χ0) is 12.1. The van der Waals surface area contributed by atoms with Crippen molar-refractivity contribution in [2.75, 3.05) is 26.2 Å². The monoisotopic (exact) mass is 269 g/mol. The van der Waals surface area contributed by atoms with Crippen LogP contribution >= 0.6 is 12.4 Å².